The Morgan fingerprint density at radius 3 is 2.56 bits per heavy atom. The summed E-state index contributed by atoms with van der Waals surface area (Å²) in [7, 11) is 0. The van der Waals surface area contributed by atoms with Crippen molar-refractivity contribution in [1.29, 1.82) is 0 Å². The number of hydrogen-bond acceptors (Lipinski definition) is 3. The maximum Gasteiger partial charge on any atom is 0.202 e. The van der Waals surface area contributed by atoms with Crippen LogP contribution in [0.3, 0.4) is 0 Å². The first kappa shape index (κ1) is 11.0. The van der Waals surface area contributed by atoms with Crippen LogP contribution in [0, 0.1) is 5.82 Å². The van der Waals surface area contributed by atoms with Crippen LogP contribution < -0.4 is 10.5 Å². The van der Waals surface area contributed by atoms with Gasteiger partial charge in [-0.2, -0.15) is 0 Å². The van der Waals surface area contributed by atoms with Gasteiger partial charge in [0.25, 0.3) is 0 Å². The fraction of sp³-hybridized carbons (Fsp3) is 0. The Morgan fingerprint density at radius 2 is 1.78 bits per heavy atom. The highest BCUT2D eigenvalue weighted by Gasteiger charge is 2.04. The fourth-order valence-electron chi connectivity index (χ4n) is 1.61. The van der Waals surface area contributed by atoms with Crippen LogP contribution >= 0.6 is 11.3 Å². The van der Waals surface area contributed by atoms with Gasteiger partial charge in [0.05, 0.1) is 10.2 Å². The Labute approximate surface area is 107 Å². The van der Waals surface area contributed by atoms with Crippen molar-refractivity contribution in [3.8, 4) is 11.5 Å². The molecule has 3 nitrogen and oxygen atoms in total. The van der Waals surface area contributed by atoms with Gasteiger partial charge < -0.3 is 4.74 Å². The van der Waals surface area contributed by atoms with E-state index >= 15 is 0 Å². The summed E-state index contributed by atoms with van der Waals surface area (Å²) in [5.41, 5.74) is 8.25. The molecule has 0 aliphatic heterocycles. The van der Waals surface area contributed by atoms with E-state index in [2.05, 4.69) is 4.98 Å². The van der Waals surface area contributed by atoms with Gasteiger partial charge in [0.1, 0.15) is 17.3 Å². The molecule has 0 saturated carbocycles. The molecule has 89 valence electrons. The molecule has 3 aromatic rings. The number of halogens is 1. The average Bonchev–Trinajstić information content (AvgIpc) is 2.71. The lowest BCUT2D eigenvalue weighted by molar-refractivity contribution is 0.481. The topological polar surface area (TPSA) is 45.9 Å². The van der Waals surface area contributed by atoms with Crippen molar-refractivity contribution in [3.63, 3.8) is 0 Å². The Bertz CT molecular complexity index is 694. The zero-order chi connectivity index (χ0) is 12.5. The van der Waals surface area contributed by atoms with Crippen molar-refractivity contribution >= 4 is 26.7 Å². The molecular weight excluding hydrogens is 251 g/mol. The second-order valence-electron chi connectivity index (χ2n) is 3.70. The number of rotatable bonds is 2. The molecule has 0 unspecified atom stereocenters. The van der Waals surface area contributed by atoms with Crippen LogP contribution in [0.15, 0.2) is 42.5 Å². The van der Waals surface area contributed by atoms with Crippen LogP contribution in [0.2, 0.25) is 0 Å². The van der Waals surface area contributed by atoms with E-state index in [1.54, 1.807) is 18.2 Å². The molecule has 0 fully saturated rings. The van der Waals surface area contributed by atoms with Crippen LogP contribution in [-0.4, -0.2) is 4.98 Å². The first-order chi connectivity index (χ1) is 8.70. The van der Waals surface area contributed by atoms with E-state index in [9.17, 15) is 4.39 Å². The monoisotopic (exact) mass is 259 g/mol. The summed E-state index contributed by atoms with van der Waals surface area (Å²) in [6.45, 7) is 0. The van der Waals surface area contributed by atoms with Crippen molar-refractivity contribution in [1.82, 2.24) is 10.7 Å². The Balaban J connectivity index is 1.92. The van der Waals surface area contributed by atoms with Gasteiger partial charge in [-0.05, 0) is 36.4 Å². The number of ether oxygens (including phenoxy) is 1. The van der Waals surface area contributed by atoms with Crippen molar-refractivity contribution in [3.05, 3.63) is 48.3 Å². The molecule has 1 aromatic heterocycles. The van der Waals surface area contributed by atoms with Crippen LogP contribution in [0.4, 0.5) is 9.52 Å². The second kappa shape index (κ2) is 4.27. The molecule has 2 aromatic carbocycles. The summed E-state index contributed by atoms with van der Waals surface area (Å²) in [6.07, 6.45) is 0. The third-order valence-electron chi connectivity index (χ3n) is 2.41. The molecule has 5 heteroatoms. The van der Waals surface area contributed by atoms with Crippen molar-refractivity contribution < 1.29 is 9.13 Å². The van der Waals surface area contributed by atoms with Crippen molar-refractivity contribution in [2.24, 2.45) is 0 Å². The number of hydrogen-bond donors (Lipinski definition) is 0. The molecule has 18 heavy (non-hydrogen) atoms. The van der Waals surface area contributed by atoms with Crippen LogP contribution in [0.1, 0.15) is 0 Å². The average molecular weight is 259 g/mol. The molecular formula is C13H8FN2OS. The van der Waals surface area contributed by atoms with E-state index in [0.29, 0.717) is 11.5 Å². The number of aromatic nitrogens is 1. The SMILES string of the molecule is [NH]c1nc2ccc(Oc3ccc(F)cc3)cc2s1. The van der Waals surface area contributed by atoms with E-state index < -0.39 is 0 Å². The summed E-state index contributed by atoms with van der Waals surface area (Å²) in [6, 6.07) is 11.3. The number of benzene rings is 2. The quantitative estimate of drug-likeness (QED) is 0.694. The maximum atomic E-state index is 12.8. The van der Waals surface area contributed by atoms with E-state index in [0.717, 1.165) is 10.2 Å². The number of thiazole rings is 1. The molecule has 3 rings (SSSR count). The van der Waals surface area contributed by atoms with Gasteiger partial charge in [-0.1, -0.05) is 11.3 Å². The highest BCUT2D eigenvalue weighted by molar-refractivity contribution is 7.21. The Morgan fingerprint density at radius 1 is 1.06 bits per heavy atom. The van der Waals surface area contributed by atoms with Gasteiger partial charge in [-0.15, -0.1) is 0 Å². The van der Waals surface area contributed by atoms with Crippen molar-refractivity contribution in [2.75, 3.05) is 0 Å². The zero-order valence-electron chi connectivity index (χ0n) is 9.18. The number of nitrogens with one attached hydrogen (secondary N) is 1. The molecule has 0 atom stereocenters. The molecule has 0 saturated heterocycles. The molecule has 1 radical (unpaired) electrons. The summed E-state index contributed by atoms with van der Waals surface area (Å²) in [5.74, 6) is 0.934. The first-order valence-electron chi connectivity index (χ1n) is 5.26. The Kier molecular flexibility index (Phi) is 2.60. The molecule has 0 spiro atoms. The van der Waals surface area contributed by atoms with E-state index in [4.69, 9.17) is 10.5 Å². The third kappa shape index (κ3) is 2.12. The minimum Gasteiger partial charge on any atom is -0.457 e. The van der Waals surface area contributed by atoms with Gasteiger partial charge in [-0.25, -0.2) is 9.37 Å². The van der Waals surface area contributed by atoms with Gasteiger partial charge in [-0.3, -0.25) is 5.73 Å². The fourth-order valence-corrected chi connectivity index (χ4v) is 2.35. The first-order valence-corrected chi connectivity index (χ1v) is 6.08. The molecule has 0 bridgehead atoms. The minimum atomic E-state index is -0.292. The van der Waals surface area contributed by atoms with E-state index in [1.165, 1.54) is 23.5 Å². The molecule has 1 heterocycles. The van der Waals surface area contributed by atoms with Gasteiger partial charge in [0.15, 0.2) is 0 Å². The highest BCUT2D eigenvalue weighted by Crippen LogP contribution is 2.30. The molecule has 1 N–H and O–H groups in total. The van der Waals surface area contributed by atoms with Gasteiger partial charge in [0, 0.05) is 6.07 Å². The maximum absolute atomic E-state index is 12.8. The largest absolute Gasteiger partial charge is 0.457 e. The Hall–Kier alpha value is -2.14. The highest BCUT2D eigenvalue weighted by atomic mass is 32.1. The lowest BCUT2D eigenvalue weighted by Gasteiger charge is -2.04. The lowest BCUT2D eigenvalue weighted by Crippen LogP contribution is -1.84. The minimum absolute atomic E-state index is 0.281. The van der Waals surface area contributed by atoms with E-state index in [-0.39, 0.29) is 10.9 Å². The summed E-state index contributed by atoms with van der Waals surface area (Å²) in [4.78, 5) is 4.05. The third-order valence-corrected chi connectivity index (χ3v) is 3.24. The van der Waals surface area contributed by atoms with Gasteiger partial charge in [0.2, 0.25) is 5.13 Å². The summed E-state index contributed by atoms with van der Waals surface area (Å²) < 4.78 is 19.3. The zero-order valence-corrected chi connectivity index (χ0v) is 10.00. The normalized spacial score (nSPS) is 10.7. The standard InChI is InChI=1S/C13H8FN2OS/c14-8-1-3-9(4-2-8)17-10-5-6-11-12(7-10)18-13(15)16-11/h1-7,15H. The van der Waals surface area contributed by atoms with Crippen LogP contribution in [0.5, 0.6) is 11.5 Å². The predicted octanol–water partition coefficient (Wildman–Crippen LogP) is 4.14. The molecule has 0 aliphatic rings. The molecule has 0 aliphatic carbocycles. The molecule has 0 amide bonds. The lowest BCUT2D eigenvalue weighted by atomic mass is 10.3. The van der Waals surface area contributed by atoms with E-state index in [1.807, 2.05) is 12.1 Å². The smallest absolute Gasteiger partial charge is 0.202 e. The van der Waals surface area contributed by atoms with Crippen LogP contribution in [0.25, 0.3) is 10.2 Å². The van der Waals surface area contributed by atoms with Gasteiger partial charge >= 0.3 is 0 Å². The number of fused-ring (bicyclic) bond motifs is 1. The summed E-state index contributed by atoms with van der Waals surface area (Å²) in [5, 5.41) is 0.281. The number of nitrogens with zero attached hydrogens (tertiary/aromatic N) is 1. The second-order valence-corrected chi connectivity index (χ2v) is 4.74. The van der Waals surface area contributed by atoms with Crippen molar-refractivity contribution in [2.45, 2.75) is 0 Å². The summed E-state index contributed by atoms with van der Waals surface area (Å²) >= 11 is 1.29. The predicted molar refractivity (Wildman–Crippen MR) is 68.9 cm³/mol. The van der Waals surface area contributed by atoms with Crippen LogP contribution in [-0.2, 0) is 0 Å².